The SMILES string of the molecule is CC(OCC1CO1)c1cc(F)cc(F)c1. The second-order valence-corrected chi connectivity index (χ2v) is 3.63. The van der Waals surface area contributed by atoms with Crippen molar-refractivity contribution in [1.82, 2.24) is 0 Å². The molecule has 4 heteroatoms. The molecule has 0 amide bonds. The molecule has 2 nitrogen and oxygen atoms in total. The van der Waals surface area contributed by atoms with Gasteiger partial charge in [-0.1, -0.05) is 0 Å². The predicted octanol–water partition coefficient (Wildman–Crippen LogP) is 2.44. The Hall–Kier alpha value is -1.00. The molecule has 1 aromatic carbocycles. The van der Waals surface area contributed by atoms with Crippen LogP contribution in [0.15, 0.2) is 18.2 Å². The highest BCUT2D eigenvalue weighted by molar-refractivity contribution is 5.19. The molecule has 2 atom stereocenters. The maximum absolute atomic E-state index is 12.9. The van der Waals surface area contributed by atoms with Crippen molar-refractivity contribution >= 4 is 0 Å². The quantitative estimate of drug-likeness (QED) is 0.718. The van der Waals surface area contributed by atoms with Crippen LogP contribution in [0.2, 0.25) is 0 Å². The Balaban J connectivity index is 1.99. The van der Waals surface area contributed by atoms with E-state index < -0.39 is 11.6 Å². The van der Waals surface area contributed by atoms with Gasteiger partial charge in [-0.3, -0.25) is 0 Å². The van der Waals surface area contributed by atoms with Crippen molar-refractivity contribution in [1.29, 1.82) is 0 Å². The first kappa shape index (κ1) is 10.5. The lowest BCUT2D eigenvalue weighted by Crippen LogP contribution is -2.06. The summed E-state index contributed by atoms with van der Waals surface area (Å²) in [6, 6.07) is 3.41. The topological polar surface area (TPSA) is 21.8 Å². The minimum atomic E-state index is -0.580. The zero-order chi connectivity index (χ0) is 10.8. The normalized spacial score (nSPS) is 21.4. The molecular weight excluding hydrogens is 202 g/mol. The van der Waals surface area contributed by atoms with Crippen LogP contribution in [0.4, 0.5) is 8.78 Å². The van der Waals surface area contributed by atoms with Gasteiger partial charge in [0.2, 0.25) is 0 Å². The van der Waals surface area contributed by atoms with E-state index in [1.807, 2.05) is 0 Å². The number of benzene rings is 1. The molecule has 1 heterocycles. The van der Waals surface area contributed by atoms with Crippen LogP contribution in [0, 0.1) is 11.6 Å². The van der Waals surface area contributed by atoms with Gasteiger partial charge in [0, 0.05) is 6.07 Å². The van der Waals surface area contributed by atoms with E-state index in [1.54, 1.807) is 6.92 Å². The molecule has 1 aliphatic rings. The average molecular weight is 214 g/mol. The molecule has 15 heavy (non-hydrogen) atoms. The van der Waals surface area contributed by atoms with Crippen LogP contribution in [-0.4, -0.2) is 19.3 Å². The number of hydrogen-bond acceptors (Lipinski definition) is 2. The highest BCUT2D eigenvalue weighted by atomic mass is 19.1. The van der Waals surface area contributed by atoms with Gasteiger partial charge in [0.1, 0.15) is 17.7 Å². The number of ether oxygens (including phenoxy) is 2. The molecule has 1 aromatic rings. The van der Waals surface area contributed by atoms with Gasteiger partial charge in [-0.05, 0) is 24.6 Å². The lowest BCUT2D eigenvalue weighted by Gasteiger charge is -2.12. The zero-order valence-electron chi connectivity index (χ0n) is 8.37. The molecule has 2 rings (SSSR count). The van der Waals surface area contributed by atoms with Crippen molar-refractivity contribution in [3.8, 4) is 0 Å². The van der Waals surface area contributed by atoms with Crippen molar-refractivity contribution in [3.05, 3.63) is 35.4 Å². The average Bonchev–Trinajstić information content (AvgIpc) is 2.96. The molecule has 1 saturated heterocycles. The monoisotopic (exact) mass is 214 g/mol. The first-order valence-corrected chi connectivity index (χ1v) is 4.84. The highest BCUT2D eigenvalue weighted by Gasteiger charge is 2.23. The van der Waals surface area contributed by atoms with Crippen molar-refractivity contribution in [2.45, 2.75) is 19.1 Å². The lowest BCUT2D eigenvalue weighted by molar-refractivity contribution is 0.0536. The lowest BCUT2D eigenvalue weighted by atomic mass is 10.1. The maximum Gasteiger partial charge on any atom is 0.126 e. The minimum absolute atomic E-state index is 0.158. The maximum atomic E-state index is 12.9. The molecule has 0 spiro atoms. The Morgan fingerprint density at radius 3 is 2.53 bits per heavy atom. The Labute approximate surface area is 86.8 Å². The van der Waals surface area contributed by atoms with Gasteiger partial charge in [-0.2, -0.15) is 0 Å². The van der Waals surface area contributed by atoms with E-state index in [2.05, 4.69) is 0 Å². The van der Waals surface area contributed by atoms with E-state index in [9.17, 15) is 8.78 Å². The third kappa shape index (κ3) is 2.97. The summed E-state index contributed by atoms with van der Waals surface area (Å²) in [5, 5.41) is 0. The van der Waals surface area contributed by atoms with E-state index in [-0.39, 0.29) is 12.2 Å². The van der Waals surface area contributed by atoms with Crippen LogP contribution in [0.25, 0.3) is 0 Å². The van der Waals surface area contributed by atoms with Crippen LogP contribution in [-0.2, 0) is 9.47 Å². The first-order chi connectivity index (χ1) is 7.15. The summed E-state index contributed by atoms with van der Waals surface area (Å²) in [4.78, 5) is 0. The Morgan fingerprint density at radius 2 is 2.00 bits per heavy atom. The third-order valence-corrected chi connectivity index (χ3v) is 2.29. The zero-order valence-corrected chi connectivity index (χ0v) is 8.37. The van der Waals surface area contributed by atoms with Crippen LogP contribution < -0.4 is 0 Å². The molecule has 0 bridgehead atoms. The van der Waals surface area contributed by atoms with Gasteiger partial charge in [0.15, 0.2) is 0 Å². The van der Waals surface area contributed by atoms with Crippen molar-refractivity contribution in [3.63, 3.8) is 0 Å². The van der Waals surface area contributed by atoms with E-state index in [0.29, 0.717) is 18.8 Å². The molecule has 0 aliphatic carbocycles. The van der Waals surface area contributed by atoms with Gasteiger partial charge in [0.25, 0.3) is 0 Å². The van der Waals surface area contributed by atoms with Gasteiger partial charge in [-0.15, -0.1) is 0 Å². The molecule has 0 saturated carbocycles. The summed E-state index contributed by atoms with van der Waals surface area (Å²) < 4.78 is 36.1. The molecule has 2 unspecified atom stereocenters. The van der Waals surface area contributed by atoms with E-state index >= 15 is 0 Å². The second-order valence-electron chi connectivity index (χ2n) is 3.63. The van der Waals surface area contributed by atoms with E-state index in [1.165, 1.54) is 12.1 Å². The largest absolute Gasteiger partial charge is 0.371 e. The van der Waals surface area contributed by atoms with Gasteiger partial charge >= 0.3 is 0 Å². The Morgan fingerprint density at radius 1 is 1.40 bits per heavy atom. The fourth-order valence-corrected chi connectivity index (χ4v) is 1.32. The summed E-state index contributed by atoms with van der Waals surface area (Å²) in [5.74, 6) is -1.16. The van der Waals surface area contributed by atoms with Gasteiger partial charge < -0.3 is 9.47 Å². The van der Waals surface area contributed by atoms with Crippen LogP contribution in [0.5, 0.6) is 0 Å². The fraction of sp³-hybridized carbons (Fsp3) is 0.455. The van der Waals surface area contributed by atoms with Crippen molar-refractivity contribution < 1.29 is 18.3 Å². The van der Waals surface area contributed by atoms with Crippen LogP contribution in [0.3, 0.4) is 0 Å². The predicted molar refractivity (Wildman–Crippen MR) is 50.5 cm³/mol. The molecule has 1 aliphatic heterocycles. The highest BCUT2D eigenvalue weighted by Crippen LogP contribution is 2.21. The third-order valence-electron chi connectivity index (χ3n) is 2.29. The summed E-state index contributed by atoms with van der Waals surface area (Å²) in [6.45, 7) is 2.94. The summed E-state index contributed by atoms with van der Waals surface area (Å²) in [6.07, 6.45) is -0.162. The second kappa shape index (κ2) is 4.24. The number of hydrogen-bond donors (Lipinski definition) is 0. The van der Waals surface area contributed by atoms with Crippen LogP contribution >= 0.6 is 0 Å². The van der Waals surface area contributed by atoms with Gasteiger partial charge in [0.05, 0.1) is 19.3 Å². The Kier molecular flexibility index (Phi) is 2.98. The van der Waals surface area contributed by atoms with Gasteiger partial charge in [-0.25, -0.2) is 8.78 Å². The molecule has 0 N–H and O–H groups in total. The number of halogens is 2. The Bertz CT molecular complexity index is 330. The molecule has 82 valence electrons. The van der Waals surface area contributed by atoms with Crippen molar-refractivity contribution in [2.75, 3.05) is 13.2 Å². The van der Waals surface area contributed by atoms with E-state index in [4.69, 9.17) is 9.47 Å². The van der Waals surface area contributed by atoms with Crippen LogP contribution in [0.1, 0.15) is 18.6 Å². The fourth-order valence-electron chi connectivity index (χ4n) is 1.32. The number of rotatable bonds is 4. The standard InChI is InChI=1S/C11H12F2O2/c1-7(14-5-11-6-15-11)8-2-9(12)4-10(13)3-8/h2-4,7,11H,5-6H2,1H3. The minimum Gasteiger partial charge on any atom is -0.371 e. The number of epoxide rings is 1. The van der Waals surface area contributed by atoms with Crippen molar-refractivity contribution in [2.24, 2.45) is 0 Å². The molecule has 0 aromatic heterocycles. The summed E-state index contributed by atoms with van der Waals surface area (Å²) in [7, 11) is 0. The molecule has 0 radical (unpaired) electrons. The summed E-state index contributed by atoms with van der Waals surface area (Å²) in [5.41, 5.74) is 0.508. The van der Waals surface area contributed by atoms with E-state index in [0.717, 1.165) is 6.07 Å². The summed E-state index contributed by atoms with van der Waals surface area (Å²) >= 11 is 0. The molecule has 1 fully saturated rings. The molecular formula is C11H12F2O2. The smallest absolute Gasteiger partial charge is 0.126 e. The first-order valence-electron chi connectivity index (χ1n) is 4.84.